The fourth-order valence-electron chi connectivity index (χ4n) is 14.8. The van der Waals surface area contributed by atoms with Crippen LogP contribution in [-0.4, -0.2) is 164 Å². The minimum absolute atomic E-state index is 0.142. The Morgan fingerprint density at radius 1 is 0.778 bits per heavy atom. The van der Waals surface area contributed by atoms with Crippen molar-refractivity contribution in [3.8, 4) is 0 Å². The molecule has 22 atom stereocenters. The molecule has 4 saturated carbocycles. The number of aliphatic hydroxyl groups is 9. The second-order valence-corrected chi connectivity index (χ2v) is 21.9. The predicted octanol–water partition coefficient (Wildman–Crippen LogP) is 0.700. The molecule has 7 aliphatic rings. The van der Waals surface area contributed by atoms with E-state index >= 15 is 0 Å². The molecule has 2 heterocycles. The SMILES string of the molecule is CC(=O)OCC12CCC3(C)C4C(=CCC3(C)C1C(O)CC2C(C)C)C1(C)CC(OC(C)=O)C(OC2OC(COC3OC(CO)C(O)C(O)C3O)C(O)C(O)C2O)C(C)(C)C1CC4O. The quantitative estimate of drug-likeness (QED) is 0.0830. The van der Waals surface area contributed by atoms with Gasteiger partial charge in [-0.05, 0) is 77.9 Å². The van der Waals surface area contributed by atoms with Crippen molar-refractivity contribution < 1.29 is 84.0 Å². The predicted molar refractivity (Wildman–Crippen MR) is 221 cm³/mol. The van der Waals surface area contributed by atoms with Gasteiger partial charge in [-0.2, -0.15) is 0 Å². The zero-order valence-corrected chi connectivity index (χ0v) is 38.2. The van der Waals surface area contributed by atoms with Crippen LogP contribution in [0.5, 0.6) is 0 Å². The normalized spacial score (nSPS) is 51.6. The molecule has 0 aromatic carbocycles. The molecule has 0 aromatic rings. The Balaban J connectivity index is 1.17. The number of hydrogen-bond acceptors (Lipinski definition) is 17. The molecular formula is C46H74O17. The minimum atomic E-state index is -1.80. The smallest absolute Gasteiger partial charge is 0.302 e. The second kappa shape index (κ2) is 17.4. The van der Waals surface area contributed by atoms with Crippen LogP contribution < -0.4 is 0 Å². The van der Waals surface area contributed by atoms with Crippen molar-refractivity contribution >= 4 is 11.9 Å². The van der Waals surface area contributed by atoms with Gasteiger partial charge >= 0.3 is 11.9 Å². The Kier molecular flexibility index (Phi) is 13.5. The standard InChI is InChI=1S/C46H74O17/c1-20(2)24-14-26(51)38-45(9)11-10-23-31(44(45,8)12-13-46(24,38)19-59-21(3)48)25(50)15-30-42(5,6)39(27(60-22(4)49)16-43(23,30)7)63-41-37(57)35(55)33(53)29(62-41)18-58-40-36(56)34(54)32(52)28(17-47)61-40/h10,20,24-41,47,50-57H,11-19H2,1-9H3. The summed E-state index contributed by atoms with van der Waals surface area (Å²) in [6.07, 6.45) is -13.8. The molecule has 7 rings (SSSR count). The van der Waals surface area contributed by atoms with Crippen molar-refractivity contribution in [3.05, 3.63) is 11.6 Å². The molecule has 5 aliphatic carbocycles. The lowest BCUT2D eigenvalue weighted by Crippen LogP contribution is -2.69. The van der Waals surface area contributed by atoms with Crippen LogP contribution in [0.25, 0.3) is 0 Å². The van der Waals surface area contributed by atoms with E-state index in [2.05, 4.69) is 40.7 Å². The highest BCUT2D eigenvalue weighted by atomic mass is 16.7. The van der Waals surface area contributed by atoms with Gasteiger partial charge in [-0.15, -0.1) is 0 Å². The molecule has 2 saturated heterocycles. The lowest BCUT2D eigenvalue weighted by atomic mass is 9.35. The zero-order valence-electron chi connectivity index (χ0n) is 38.2. The average Bonchev–Trinajstić information content (AvgIpc) is 3.52. The lowest BCUT2D eigenvalue weighted by Gasteiger charge is -2.70. The number of rotatable bonds is 10. The van der Waals surface area contributed by atoms with Gasteiger partial charge in [-0.3, -0.25) is 9.59 Å². The number of ether oxygens (including phenoxy) is 6. The van der Waals surface area contributed by atoms with Crippen LogP contribution in [0.15, 0.2) is 11.6 Å². The number of hydrogen-bond donors (Lipinski definition) is 9. The number of fused-ring (bicyclic) bond motifs is 7. The molecule has 17 nitrogen and oxygen atoms in total. The summed E-state index contributed by atoms with van der Waals surface area (Å²) in [7, 11) is 0. The summed E-state index contributed by atoms with van der Waals surface area (Å²) in [5.41, 5.74) is -1.80. The summed E-state index contributed by atoms with van der Waals surface area (Å²) in [5.74, 6) is -1.26. The van der Waals surface area contributed by atoms with E-state index in [0.29, 0.717) is 25.7 Å². The van der Waals surface area contributed by atoms with Gasteiger partial charge in [0.05, 0.1) is 32.0 Å². The van der Waals surface area contributed by atoms with Crippen LogP contribution in [0.1, 0.15) is 101 Å². The van der Waals surface area contributed by atoms with Gasteiger partial charge in [-0.1, -0.05) is 60.1 Å². The van der Waals surface area contributed by atoms with Crippen LogP contribution in [0.4, 0.5) is 0 Å². The van der Waals surface area contributed by atoms with Crippen molar-refractivity contribution in [3.63, 3.8) is 0 Å². The monoisotopic (exact) mass is 898 g/mol. The molecule has 17 heteroatoms. The number of allylic oxidation sites excluding steroid dienone is 1. The molecule has 0 radical (unpaired) electrons. The summed E-state index contributed by atoms with van der Waals surface area (Å²) in [6.45, 7) is 16.7. The van der Waals surface area contributed by atoms with Crippen LogP contribution in [0, 0.1) is 56.7 Å². The van der Waals surface area contributed by atoms with Gasteiger partial charge in [0.1, 0.15) is 61.0 Å². The summed E-state index contributed by atoms with van der Waals surface area (Å²) < 4.78 is 35.6. The van der Waals surface area contributed by atoms with E-state index in [1.807, 2.05) is 13.8 Å². The Morgan fingerprint density at radius 3 is 2.00 bits per heavy atom. The van der Waals surface area contributed by atoms with Gasteiger partial charge in [0.15, 0.2) is 12.6 Å². The summed E-state index contributed by atoms with van der Waals surface area (Å²) in [5, 5.41) is 98.5. The highest BCUT2D eigenvalue weighted by Gasteiger charge is 2.74. The lowest BCUT2D eigenvalue weighted by molar-refractivity contribution is -0.350. The van der Waals surface area contributed by atoms with Gasteiger partial charge in [0.2, 0.25) is 0 Å². The molecule has 6 fully saturated rings. The van der Waals surface area contributed by atoms with Crippen LogP contribution >= 0.6 is 0 Å². The van der Waals surface area contributed by atoms with E-state index in [9.17, 15) is 55.5 Å². The largest absolute Gasteiger partial charge is 0.465 e. The molecule has 0 spiro atoms. The first kappa shape index (κ1) is 49.1. The molecular weight excluding hydrogens is 824 g/mol. The molecule has 22 unspecified atom stereocenters. The van der Waals surface area contributed by atoms with Crippen molar-refractivity contribution in [2.75, 3.05) is 19.8 Å². The number of aliphatic hydroxyl groups excluding tert-OH is 9. The Bertz CT molecular complexity index is 1720. The summed E-state index contributed by atoms with van der Waals surface area (Å²) in [6, 6.07) is 0. The van der Waals surface area contributed by atoms with E-state index in [1.165, 1.54) is 13.8 Å². The fraction of sp³-hybridized carbons (Fsp3) is 0.913. The topological polar surface area (TPSA) is 272 Å². The Morgan fingerprint density at radius 2 is 1.40 bits per heavy atom. The van der Waals surface area contributed by atoms with Crippen molar-refractivity contribution in [1.29, 1.82) is 0 Å². The Labute approximate surface area is 370 Å². The van der Waals surface area contributed by atoms with Crippen LogP contribution in [0.2, 0.25) is 0 Å². The molecule has 360 valence electrons. The maximum atomic E-state index is 12.9. The third-order valence-electron chi connectivity index (χ3n) is 17.9. The number of esters is 2. The van der Waals surface area contributed by atoms with Crippen LogP contribution in [0.3, 0.4) is 0 Å². The maximum Gasteiger partial charge on any atom is 0.302 e. The van der Waals surface area contributed by atoms with Gasteiger partial charge in [0.25, 0.3) is 0 Å². The van der Waals surface area contributed by atoms with Gasteiger partial charge in [0, 0.05) is 31.1 Å². The third-order valence-corrected chi connectivity index (χ3v) is 17.9. The van der Waals surface area contributed by atoms with E-state index in [1.54, 1.807) is 0 Å². The molecule has 0 bridgehead atoms. The molecule has 9 N–H and O–H groups in total. The molecule has 0 amide bonds. The average molecular weight is 899 g/mol. The van der Waals surface area contributed by atoms with Crippen molar-refractivity contribution in [1.82, 2.24) is 0 Å². The summed E-state index contributed by atoms with van der Waals surface area (Å²) >= 11 is 0. The number of carbonyl (C=O) groups is 2. The first-order valence-electron chi connectivity index (χ1n) is 22.9. The molecule has 0 aromatic heterocycles. The fourth-order valence-corrected chi connectivity index (χ4v) is 14.8. The third kappa shape index (κ3) is 7.74. The first-order valence-corrected chi connectivity index (χ1v) is 22.9. The highest BCUT2D eigenvalue weighted by molar-refractivity contribution is 5.66. The zero-order chi connectivity index (χ0) is 46.5. The van der Waals surface area contributed by atoms with Crippen LogP contribution in [-0.2, 0) is 38.0 Å². The Hall–Kier alpha value is -1.84. The minimum Gasteiger partial charge on any atom is -0.465 e. The first-order chi connectivity index (χ1) is 29.3. The van der Waals surface area contributed by atoms with E-state index in [0.717, 1.165) is 18.4 Å². The second-order valence-electron chi connectivity index (χ2n) is 21.9. The summed E-state index contributed by atoms with van der Waals surface area (Å²) in [4.78, 5) is 25.2. The van der Waals surface area contributed by atoms with E-state index < -0.39 is 132 Å². The van der Waals surface area contributed by atoms with Crippen molar-refractivity contribution in [2.24, 2.45) is 56.7 Å². The van der Waals surface area contributed by atoms with E-state index in [-0.39, 0.29) is 42.2 Å². The number of carbonyl (C=O) groups excluding carboxylic acids is 2. The maximum absolute atomic E-state index is 12.9. The molecule has 2 aliphatic heterocycles. The van der Waals surface area contributed by atoms with E-state index in [4.69, 9.17) is 28.4 Å². The van der Waals surface area contributed by atoms with Gasteiger partial charge in [-0.25, -0.2) is 0 Å². The molecule has 63 heavy (non-hydrogen) atoms. The van der Waals surface area contributed by atoms with Gasteiger partial charge < -0.3 is 74.4 Å². The highest BCUT2D eigenvalue weighted by Crippen LogP contribution is 2.76. The van der Waals surface area contributed by atoms with Crippen molar-refractivity contribution in [2.45, 2.75) is 187 Å².